The quantitative estimate of drug-likeness (QED) is 0.518. The van der Waals surface area contributed by atoms with E-state index in [1.807, 2.05) is 48.5 Å². The highest BCUT2D eigenvalue weighted by Crippen LogP contribution is 2.20. The average Bonchev–Trinajstić information content (AvgIpc) is 2.73. The molecule has 0 atom stereocenters. The van der Waals surface area contributed by atoms with Crippen molar-refractivity contribution in [3.8, 4) is 17.1 Å². The third kappa shape index (κ3) is 7.49. The van der Waals surface area contributed by atoms with E-state index in [0.717, 1.165) is 42.5 Å². The number of nitrogens with zero attached hydrogens (tertiary/aromatic N) is 4. The molecule has 8 heteroatoms. The highest BCUT2D eigenvalue weighted by atomic mass is 35.5. The molecule has 0 fully saturated rings. The molecule has 0 aliphatic carbocycles. The van der Waals surface area contributed by atoms with Gasteiger partial charge in [0.05, 0.1) is 11.4 Å². The number of anilines is 2. The van der Waals surface area contributed by atoms with E-state index in [-0.39, 0.29) is 24.8 Å². The number of rotatable bonds is 9. The van der Waals surface area contributed by atoms with Gasteiger partial charge in [-0.25, -0.2) is 9.97 Å². The summed E-state index contributed by atoms with van der Waals surface area (Å²) in [6.07, 6.45) is 3.48. The van der Waals surface area contributed by atoms with E-state index in [0.29, 0.717) is 12.6 Å². The first-order chi connectivity index (χ1) is 13.3. The zero-order valence-corrected chi connectivity index (χ0v) is 18.2. The number of hydrogen-bond donors (Lipinski definition) is 1. The summed E-state index contributed by atoms with van der Waals surface area (Å²) in [4.78, 5) is 15.5. The topological polar surface area (TPSA) is 63.2 Å². The molecule has 3 rings (SSSR count). The van der Waals surface area contributed by atoms with Crippen molar-refractivity contribution in [2.75, 3.05) is 31.6 Å². The molecule has 156 valence electrons. The van der Waals surface area contributed by atoms with E-state index >= 15 is 0 Å². The van der Waals surface area contributed by atoms with Crippen molar-refractivity contribution in [2.24, 2.45) is 0 Å². The Labute approximate surface area is 184 Å². The number of aromatic nitrogens is 3. The molecule has 2 heterocycles. The van der Waals surface area contributed by atoms with Gasteiger partial charge in [0.25, 0.3) is 0 Å². The van der Waals surface area contributed by atoms with Crippen LogP contribution in [0.1, 0.15) is 13.8 Å². The number of nitrogens with one attached hydrogen (secondary N) is 1. The lowest BCUT2D eigenvalue weighted by Gasteiger charge is -2.18. The van der Waals surface area contributed by atoms with Gasteiger partial charge in [0.1, 0.15) is 12.4 Å². The Bertz CT molecular complexity index is 830. The molecule has 0 aliphatic rings. The molecule has 0 unspecified atom stereocenters. The molecule has 2 aromatic heterocycles. The second kappa shape index (κ2) is 12.9. The number of halogens is 2. The monoisotopic (exact) mass is 435 g/mol. The first-order valence-electron chi connectivity index (χ1n) is 9.25. The Morgan fingerprint density at radius 3 is 2.28 bits per heavy atom. The summed E-state index contributed by atoms with van der Waals surface area (Å²) in [5.74, 6) is 1.39. The van der Waals surface area contributed by atoms with E-state index < -0.39 is 0 Å². The molecule has 6 nitrogen and oxygen atoms in total. The Morgan fingerprint density at radius 1 is 0.862 bits per heavy atom. The van der Waals surface area contributed by atoms with Gasteiger partial charge < -0.3 is 15.0 Å². The average molecular weight is 436 g/mol. The predicted molar refractivity (Wildman–Crippen MR) is 123 cm³/mol. The lowest BCUT2D eigenvalue weighted by atomic mass is 10.2. The molecule has 0 saturated carbocycles. The standard InChI is InChI=1S/C21H25N5O.2ClH/c1-3-26(4-2)15-16-27-18-10-8-17(9-11-18)24-21-23-14-12-20(25-21)19-7-5-6-13-22-19;;/h5-14H,3-4,15-16H2,1-2H3,(H,23,24,25);2*1H. The second-order valence-electron chi connectivity index (χ2n) is 6.01. The smallest absolute Gasteiger partial charge is 0.227 e. The molecule has 0 radical (unpaired) electrons. The van der Waals surface area contributed by atoms with Crippen LogP contribution in [0.25, 0.3) is 11.4 Å². The fourth-order valence-electron chi connectivity index (χ4n) is 2.67. The summed E-state index contributed by atoms with van der Waals surface area (Å²) in [7, 11) is 0. The zero-order valence-electron chi connectivity index (χ0n) is 16.6. The van der Waals surface area contributed by atoms with Crippen molar-refractivity contribution in [2.45, 2.75) is 13.8 Å². The summed E-state index contributed by atoms with van der Waals surface area (Å²) in [6, 6.07) is 15.4. The van der Waals surface area contributed by atoms with Gasteiger partial charge in [0.2, 0.25) is 5.95 Å². The molecule has 0 saturated heterocycles. The van der Waals surface area contributed by atoms with Crippen molar-refractivity contribution in [1.82, 2.24) is 19.9 Å². The summed E-state index contributed by atoms with van der Waals surface area (Å²) < 4.78 is 5.81. The van der Waals surface area contributed by atoms with Crippen LogP contribution in [0.3, 0.4) is 0 Å². The maximum atomic E-state index is 5.81. The number of hydrogen-bond acceptors (Lipinski definition) is 6. The van der Waals surface area contributed by atoms with Crippen molar-refractivity contribution >= 4 is 36.4 Å². The molecule has 1 aromatic carbocycles. The molecule has 0 aliphatic heterocycles. The predicted octanol–water partition coefficient (Wildman–Crippen LogP) is 4.85. The molecule has 1 N–H and O–H groups in total. The SMILES string of the molecule is CCN(CC)CCOc1ccc(Nc2nccc(-c3ccccn3)n2)cc1.Cl.Cl. The number of ether oxygens (including phenoxy) is 1. The van der Waals surface area contributed by atoms with E-state index in [4.69, 9.17) is 4.74 Å². The Kier molecular flexibility index (Phi) is 11.0. The summed E-state index contributed by atoms with van der Waals surface area (Å²) >= 11 is 0. The first-order valence-corrected chi connectivity index (χ1v) is 9.25. The van der Waals surface area contributed by atoms with E-state index in [2.05, 4.69) is 39.0 Å². The number of benzene rings is 1. The van der Waals surface area contributed by atoms with Crippen LogP contribution in [-0.2, 0) is 0 Å². The Morgan fingerprint density at radius 2 is 1.62 bits per heavy atom. The van der Waals surface area contributed by atoms with Gasteiger partial charge in [0.15, 0.2) is 0 Å². The van der Waals surface area contributed by atoms with Gasteiger partial charge in [-0.2, -0.15) is 0 Å². The maximum absolute atomic E-state index is 5.81. The minimum absolute atomic E-state index is 0. The minimum atomic E-state index is 0. The molecule has 0 amide bonds. The van der Waals surface area contributed by atoms with Gasteiger partial charge >= 0.3 is 0 Å². The van der Waals surface area contributed by atoms with Gasteiger partial charge in [-0.1, -0.05) is 19.9 Å². The van der Waals surface area contributed by atoms with Gasteiger partial charge in [-0.05, 0) is 55.6 Å². The fraction of sp³-hybridized carbons (Fsp3) is 0.286. The van der Waals surface area contributed by atoms with Crippen LogP contribution in [-0.4, -0.2) is 46.1 Å². The van der Waals surface area contributed by atoms with Crippen molar-refractivity contribution in [1.29, 1.82) is 0 Å². The third-order valence-corrected chi connectivity index (χ3v) is 4.26. The van der Waals surface area contributed by atoms with E-state index in [9.17, 15) is 0 Å². The van der Waals surface area contributed by atoms with Crippen molar-refractivity contribution in [3.63, 3.8) is 0 Å². The van der Waals surface area contributed by atoms with Crippen molar-refractivity contribution in [3.05, 3.63) is 60.9 Å². The van der Waals surface area contributed by atoms with Crippen molar-refractivity contribution < 1.29 is 4.74 Å². The lowest BCUT2D eigenvalue weighted by molar-refractivity contribution is 0.223. The summed E-state index contributed by atoms with van der Waals surface area (Å²) in [6.45, 7) is 8.02. The Hall–Kier alpha value is -2.41. The minimum Gasteiger partial charge on any atom is -0.492 e. The van der Waals surface area contributed by atoms with Crippen LogP contribution >= 0.6 is 24.8 Å². The fourth-order valence-corrected chi connectivity index (χ4v) is 2.67. The van der Waals surface area contributed by atoms with Crippen LogP contribution in [0.2, 0.25) is 0 Å². The first kappa shape index (κ1) is 24.6. The molecular formula is C21H27Cl2N5O. The Balaban J connectivity index is 0.00000210. The zero-order chi connectivity index (χ0) is 18.9. The largest absolute Gasteiger partial charge is 0.492 e. The van der Waals surface area contributed by atoms with Crippen LogP contribution < -0.4 is 10.1 Å². The van der Waals surface area contributed by atoms with Crippen LogP contribution in [0.4, 0.5) is 11.6 Å². The van der Waals surface area contributed by atoms with Gasteiger partial charge in [-0.3, -0.25) is 4.98 Å². The lowest BCUT2D eigenvalue weighted by Crippen LogP contribution is -2.27. The molecule has 0 bridgehead atoms. The molecular weight excluding hydrogens is 409 g/mol. The number of pyridine rings is 1. The summed E-state index contributed by atoms with van der Waals surface area (Å²) in [5, 5.41) is 3.22. The van der Waals surface area contributed by atoms with Gasteiger partial charge in [0, 0.05) is 24.6 Å². The van der Waals surface area contributed by atoms with E-state index in [1.54, 1.807) is 12.4 Å². The van der Waals surface area contributed by atoms with Gasteiger partial charge in [-0.15, -0.1) is 24.8 Å². The highest BCUT2D eigenvalue weighted by Gasteiger charge is 2.04. The molecule has 3 aromatic rings. The third-order valence-electron chi connectivity index (χ3n) is 4.26. The van der Waals surface area contributed by atoms with Crippen LogP contribution in [0.15, 0.2) is 60.9 Å². The number of likely N-dealkylation sites (N-methyl/N-ethyl adjacent to an activating group) is 1. The molecule has 0 spiro atoms. The normalized spacial score (nSPS) is 10.0. The maximum Gasteiger partial charge on any atom is 0.227 e. The second-order valence-corrected chi connectivity index (χ2v) is 6.01. The van der Waals surface area contributed by atoms with Crippen LogP contribution in [0.5, 0.6) is 5.75 Å². The highest BCUT2D eigenvalue weighted by molar-refractivity contribution is 5.85. The summed E-state index contributed by atoms with van der Waals surface area (Å²) in [5.41, 5.74) is 2.51. The molecule has 29 heavy (non-hydrogen) atoms. The van der Waals surface area contributed by atoms with E-state index in [1.165, 1.54) is 0 Å². The van der Waals surface area contributed by atoms with Crippen LogP contribution in [0, 0.1) is 0 Å².